The first-order valence-corrected chi connectivity index (χ1v) is 7.14. The fourth-order valence-electron chi connectivity index (χ4n) is 2.49. The third-order valence-electron chi connectivity index (χ3n) is 3.41. The van der Waals surface area contributed by atoms with Gasteiger partial charge in [0.05, 0.1) is 5.69 Å². The number of halogens is 2. The summed E-state index contributed by atoms with van der Waals surface area (Å²) in [6.07, 6.45) is 1.39. The molecular formula is C15H9BrFN3O. The van der Waals surface area contributed by atoms with Crippen LogP contribution in [0.3, 0.4) is 0 Å². The highest BCUT2D eigenvalue weighted by Crippen LogP contribution is 2.40. The van der Waals surface area contributed by atoms with Crippen LogP contribution in [0, 0.1) is 5.95 Å². The van der Waals surface area contributed by atoms with Gasteiger partial charge in [0.2, 0.25) is 5.95 Å². The largest absolute Gasteiger partial charge is 0.472 e. The number of hydrogen-bond donors (Lipinski definition) is 0. The van der Waals surface area contributed by atoms with Crippen LogP contribution < -0.4 is 4.74 Å². The number of pyridine rings is 1. The van der Waals surface area contributed by atoms with Crippen molar-refractivity contribution in [1.82, 2.24) is 14.5 Å². The van der Waals surface area contributed by atoms with Gasteiger partial charge in [0.15, 0.2) is 12.6 Å². The van der Waals surface area contributed by atoms with Crippen LogP contribution in [0.4, 0.5) is 4.39 Å². The minimum absolute atomic E-state index is 0.286. The van der Waals surface area contributed by atoms with E-state index in [1.165, 1.54) is 6.20 Å². The lowest BCUT2D eigenvalue weighted by atomic mass is 10.1. The average Bonchev–Trinajstić information content (AvgIpc) is 2.84. The van der Waals surface area contributed by atoms with Crippen LogP contribution in [0.5, 0.6) is 5.75 Å². The molecule has 3 heterocycles. The van der Waals surface area contributed by atoms with Gasteiger partial charge in [-0.2, -0.15) is 4.39 Å². The molecule has 0 saturated heterocycles. The van der Waals surface area contributed by atoms with E-state index in [0.717, 1.165) is 11.3 Å². The second-order valence-corrected chi connectivity index (χ2v) is 5.37. The van der Waals surface area contributed by atoms with Crippen molar-refractivity contribution in [2.75, 3.05) is 0 Å². The number of fused-ring (bicyclic) bond motifs is 3. The molecule has 1 aromatic carbocycles. The zero-order chi connectivity index (χ0) is 14.4. The Morgan fingerprint density at radius 3 is 2.81 bits per heavy atom. The minimum Gasteiger partial charge on any atom is -0.472 e. The predicted octanol–water partition coefficient (Wildman–Crippen LogP) is 3.86. The first-order chi connectivity index (χ1) is 10.3. The Balaban J connectivity index is 1.99. The van der Waals surface area contributed by atoms with Crippen molar-refractivity contribution in [2.45, 2.75) is 6.73 Å². The van der Waals surface area contributed by atoms with Crippen LogP contribution in [0.25, 0.3) is 22.6 Å². The standard InChI is InChI=1S/C15H9BrFN3O/c16-13-12(9-4-2-1-3-5-9)20-8-21-10-6-7-18-14(17)11(10)15(20)19-13/h1-7H,8H2. The minimum atomic E-state index is -0.578. The summed E-state index contributed by atoms with van der Waals surface area (Å²) >= 11 is 3.46. The monoisotopic (exact) mass is 345 g/mol. The van der Waals surface area contributed by atoms with Gasteiger partial charge in [-0.05, 0) is 22.0 Å². The summed E-state index contributed by atoms with van der Waals surface area (Å²) in [6.45, 7) is 0.286. The van der Waals surface area contributed by atoms with Crippen molar-refractivity contribution in [2.24, 2.45) is 0 Å². The van der Waals surface area contributed by atoms with Gasteiger partial charge in [0.1, 0.15) is 15.9 Å². The molecular weight excluding hydrogens is 337 g/mol. The summed E-state index contributed by atoms with van der Waals surface area (Å²) in [4.78, 5) is 8.14. The van der Waals surface area contributed by atoms with E-state index >= 15 is 0 Å². The fourth-order valence-corrected chi connectivity index (χ4v) is 3.10. The summed E-state index contributed by atoms with van der Waals surface area (Å²) in [5, 5.41) is 0. The van der Waals surface area contributed by atoms with E-state index in [1.807, 2.05) is 34.9 Å². The molecule has 2 aromatic heterocycles. The normalized spacial score (nSPS) is 12.5. The van der Waals surface area contributed by atoms with Gasteiger partial charge in [-0.15, -0.1) is 0 Å². The number of imidazole rings is 1. The molecule has 1 aliphatic heterocycles. The zero-order valence-corrected chi connectivity index (χ0v) is 12.3. The molecule has 4 nitrogen and oxygen atoms in total. The fraction of sp³-hybridized carbons (Fsp3) is 0.0667. The van der Waals surface area contributed by atoms with Gasteiger partial charge >= 0.3 is 0 Å². The van der Waals surface area contributed by atoms with Crippen molar-refractivity contribution in [3.8, 4) is 28.4 Å². The Labute approximate surface area is 128 Å². The zero-order valence-electron chi connectivity index (χ0n) is 10.8. The van der Waals surface area contributed by atoms with E-state index in [2.05, 4.69) is 25.9 Å². The lowest BCUT2D eigenvalue weighted by Crippen LogP contribution is -2.15. The molecule has 0 aliphatic carbocycles. The summed E-state index contributed by atoms with van der Waals surface area (Å²) in [5.74, 6) is 0.408. The highest BCUT2D eigenvalue weighted by molar-refractivity contribution is 9.10. The maximum absolute atomic E-state index is 14.0. The second kappa shape index (κ2) is 4.66. The van der Waals surface area contributed by atoms with Gasteiger partial charge in [-0.25, -0.2) is 9.97 Å². The molecule has 3 aromatic rings. The molecule has 0 unspecified atom stereocenters. The molecule has 0 saturated carbocycles. The Morgan fingerprint density at radius 1 is 1.19 bits per heavy atom. The van der Waals surface area contributed by atoms with Crippen LogP contribution >= 0.6 is 15.9 Å². The topological polar surface area (TPSA) is 39.9 Å². The molecule has 0 bridgehead atoms. The van der Waals surface area contributed by atoms with Crippen molar-refractivity contribution in [3.05, 3.63) is 53.1 Å². The lowest BCUT2D eigenvalue weighted by molar-refractivity contribution is 0.229. The molecule has 6 heteroatoms. The van der Waals surface area contributed by atoms with Crippen LogP contribution in [0.15, 0.2) is 47.2 Å². The Kier molecular flexibility index (Phi) is 2.78. The molecule has 4 rings (SSSR count). The maximum atomic E-state index is 14.0. The van der Waals surface area contributed by atoms with E-state index in [4.69, 9.17) is 4.74 Å². The van der Waals surface area contributed by atoms with Crippen molar-refractivity contribution in [3.63, 3.8) is 0 Å². The number of hydrogen-bond acceptors (Lipinski definition) is 3. The quantitative estimate of drug-likeness (QED) is 0.628. The van der Waals surface area contributed by atoms with Crippen molar-refractivity contribution < 1.29 is 9.13 Å². The Morgan fingerprint density at radius 2 is 2.00 bits per heavy atom. The summed E-state index contributed by atoms with van der Waals surface area (Å²) in [6, 6.07) is 11.4. The maximum Gasteiger partial charge on any atom is 0.227 e. The van der Waals surface area contributed by atoms with Gasteiger partial charge in [-0.1, -0.05) is 30.3 Å². The van der Waals surface area contributed by atoms with Crippen LogP contribution in [-0.4, -0.2) is 14.5 Å². The van der Waals surface area contributed by atoms with E-state index in [1.54, 1.807) is 6.07 Å². The number of benzene rings is 1. The number of ether oxygens (including phenoxy) is 1. The number of nitrogens with zero attached hydrogens (tertiary/aromatic N) is 3. The third kappa shape index (κ3) is 1.86. The van der Waals surface area contributed by atoms with E-state index in [9.17, 15) is 4.39 Å². The molecule has 0 spiro atoms. The molecule has 0 amide bonds. The molecule has 21 heavy (non-hydrogen) atoms. The van der Waals surface area contributed by atoms with Gasteiger partial charge < -0.3 is 4.74 Å². The van der Waals surface area contributed by atoms with Crippen LogP contribution in [0.1, 0.15) is 0 Å². The molecule has 1 aliphatic rings. The molecule has 0 N–H and O–H groups in total. The first-order valence-electron chi connectivity index (χ1n) is 6.35. The summed E-state index contributed by atoms with van der Waals surface area (Å²) < 4.78 is 22.2. The predicted molar refractivity (Wildman–Crippen MR) is 79.2 cm³/mol. The van der Waals surface area contributed by atoms with Gasteiger partial charge in [0, 0.05) is 11.8 Å². The van der Waals surface area contributed by atoms with Crippen molar-refractivity contribution >= 4 is 15.9 Å². The highest BCUT2D eigenvalue weighted by atomic mass is 79.9. The molecule has 0 fully saturated rings. The van der Waals surface area contributed by atoms with E-state index < -0.39 is 5.95 Å². The highest BCUT2D eigenvalue weighted by Gasteiger charge is 2.27. The van der Waals surface area contributed by atoms with Gasteiger partial charge in [-0.3, -0.25) is 4.57 Å². The van der Waals surface area contributed by atoms with Crippen LogP contribution in [-0.2, 0) is 6.73 Å². The summed E-state index contributed by atoms with van der Waals surface area (Å²) in [5.41, 5.74) is 2.14. The van der Waals surface area contributed by atoms with E-state index in [-0.39, 0.29) is 6.73 Å². The number of aromatic nitrogens is 3. The van der Waals surface area contributed by atoms with E-state index in [0.29, 0.717) is 21.7 Å². The second-order valence-electron chi connectivity index (χ2n) is 4.62. The SMILES string of the molecule is Fc1nccc2c1-c1nc(Br)c(-c3ccccc3)n1CO2. The Bertz CT molecular complexity index is 832. The summed E-state index contributed by atoms with van der Waals surface area (Å²) in [7, 11) is 0. The molecule has 104 valence electrons. The van der Waals surface area contributed by atoms with Crippen molar-refractivity contribution in [1.29, 1.82) is 0 Å². The number of rotatable bonds is 1. The first kappa shape index (κ1) is 12.5. The van der Waals surface area contributed by atoms with Crippen LogP contribution in [0.2, 0.25) is 0 Å². The average molecular weight is 346 g/mol. The lowest BCUT2D eigenvalue weighted by Gasteiger charge is -2.20. The third-order valence-corrected chi connectivity index (χ3v) is 3.96. The molecule has 0 radical (unpaired) electrons. The smallest absolute Gasteiger partial charge is 0.227 e. The molecule has 0 atom stereocenters. The van der Waals surface area contributed by atoms with Gasteiger partial charge in [0.25, 0.3) is 0 Å². The Hall–Kier alpha value is -2.21.